The Morgan fingerprint density at radius 3 is 2.61 bits per heavy atom. The minimum Gasteiger partial charge on any atom is -0.480 e. The summed E-state index contributed by atoms with van der Waals surface area (Å²) < 4.78 is 0. The lowest BCUT2D eigenvalue weighted by Gasteiger charge is -2.21. The van der Waals surface area contributed by atoms with Crippen molar-refractivity contribution in [1.82, 2.24) is 4.90 Å². The maximum Gasteiger partial charge on any atom is 0.326 e. The van der Waals surface area contributed by atoms with Crippen molar-refractivity contribution in [3.05, 3.63) is 34.9 Å². The highest BCUT2D eigenvalue weighted by molar-refractivity contribution is 6.33. The van der Waals surface area contributed by atoms with Gasteiger partial charge in [-0.1, -0.05) is 23.7 Å². The van der Waals surface area contributed by atoms with Crippen molar-refractivity contribution in [3.8, 4) is 0 Å². The number of carboxylic acids is 1. The van der Waals surface area contributed by atoms with Gasteiger partial charge < -0.3 is 15.1 Å². The van der Waals surface area contributed by atoms with Crippen LogP contribution >= 0.6 is 11.6 Å². The first-order chi connectivity index (χ1) is 8.50. The van der Waals surface area contributed by atoms with E-state index in [0.29, 0.717) is 0 Å². The number of likely N-dealkylation sites (tertiary alicyclic amines) is 1. The fourth-order valence-corrected chi connectivity index (χ4v) is 2.28. The van der Waals surface area contributed by atoms with Crippen LogP contribution in [0.25, 0.3) is 0 Å². The molecule has 2 rings (SSSR count). The molecule has 0 saturated carbocycles. The number of carbonyl (C=O) groups is 2. The van der Waals surface area contributed by atoms with Gasteiger partial charge in [0.1, 0.15) is 6.04 Å². The highest BCUT2D eigenvalue weighted by atomic mass is 35.5. The third-order valence-corrected chi connectivity index (χ3v) is 3.26. The van der Waals surface area contributed by atoms with Gasteiger partial charge in [0.25, 0.3) is 5.91 Å². The fourth-order valence-electron chi connectivity index (χ4n) is 2.06. The summed E-state index contributed by atoms with van der Waals surface area (Å²) in [5, 5.41) is 18.8. The van der Waals surface area contributed by atoms with Crippen LogP contribution in [-0.4, -0.2) is 45.7 Å². The topological polar surface area (TPSA) is 77.8 Å². The van der Waals surface area contributed by atoms with Crippen molar-refractivity contribution in [2.45, 2.75) is 18.6 Å². The summed E-state index contributed by atoms with van der Waals surface area (Å²) in [5.41, 5.74) is 0.250. The van der Waals surface area contributed by atoms with Crippen molar-refractivity contribution >= 4 is 23.5 Å². The monoisotopic (exact) mass is 269 g/mol. The summed E-state index contributed by atoms with van der Waals surface area (Å²) >= 11 is 5.90. The third-order valence-electron chi connectivity index (χ3n) is 2.93. The zero-order valence-electron chi connectivity index (χ0n) is 9.41. The van der Waals surface area contributed by atoms with Crippen molar-refractivity contribution in [2.75, 3.05) is 6.54 Å². The van der Waals surface area contributed by atoms with Crippen LogP contribution in [0.2, 0.25) is 5.02 Å². The molecule has 0 spiro atoms. The molecule has 0 aromatic heterocycles. The molecule has 2 atom stereocenters. The summed E-state index contributed by atoms with van der Waals surface area (Å²) in [6, 6.07) is 5.45. The van der Waals surface area contributed by atoms with E-state index in [1.54, 1.807) is 18.2 Å². The second kappa shape index (κ2) is 4.96. The molecule has 0 radical (unpaired) electrons. The molecule has 2 N–H and O–H groups in total. The maximum absolute atomic E-state index is 12.2. The number of aliphatic hydroxyl groups excluding tert-OH is 1. The van der Waals surface area contributed by atoms with Gasteiger partial charge in [0, 0.05) is 13.0 Å². The van der Waals surface area contributed by atoms with Crippen molar-refractivity contribution < 1.29 is 19.8 Å². The van der Waals surface area contributed by atoms with E-state index in [0.717, 1.165) is 4.90 Å². The maximum atomic E-state index is 12.2. The van der Waals surface area contributed by atoms with Crippen LogP contribution in [0, 0.1) is 0 Å². The third kappa shape index (κ3) is 2.32. The number of carbonyl (C=O) groups excluding carboxylic acids is 1. The number of hydrogen-bond donors (Lipinski definition) is 2. The van der Waals surface area contributed by atoms with Crippen LogP contribution in [0.4, 0.5) is 0 Å². The van der Waals surface area contributed by atoms with Gasteiger partial charge in [-0.05, 0) is 12.1 Å². The average molecular weight is 270 g/mol. The van der Waals surface area contributed by atoms with Gasteiger partial charge >= 0.3 is 5.97 Å². The van der Waals surface area contributed by atoms with E-state index in [1.165, 1.54) is 6.07 Å². The normalized spacial score (nSPS) is 23.1. The Balaban J connectivity index is 2.28. The quantitative estimate of drug-likeness (QED) is 0.840. The Hall–Kier alpha value is -1.59. The van der Waals surface area contributed by atoms with Crippen LogP contribution in [0.1, 0.15) is 16.8 Å². The summed E-state index contributed by atoms with van der Waals surface area (Å²) in [5.74, 6) is -1.59. The molecule has 1 aromatic carbocycles. The molecule has 1 aromatic rings. The lowest BCUT2D eigenvalue weighted by atomic mass is 10.1. The summed E-state index contributed by atoms with van der Waals surface area (Å²) in [6.45, 7) is 0.0149. The minimum atomic E-state index is -1.12. The summed E-state index contributed by atoms with van der Waals surface area (Å²) in [6.07, 6.45) is -0.761. The van der Waals surface area contributed by atoms with E-state index >= 15 is 0 Å². The number of halogens is 1. The number of aliphatic hydroxyl groups is 1. The summed E-state index contributed by atoms with van der Waals surface area (Å²) in [4.78, 5) is 24.4. The van der Waals surface area contributed by atoms with Crippen molar-refractivity contribution in [3.63, 3.8) is 0 Å². The number of rotatable bonds is 2. The molecule has 1 aliphatic heterocycles. The first kappa shape index (κ1) is 12.9. The van der Waals surface area contributed by atoms with Gasteiger partial charge in [-0.3, -0.25) is 4.79 Å². The van der Waals surface area contributed by atoms with Crippen LogP contribution in [0.3, 0.4) is 0 Å². The van der Waals surface area contributed by atoms with E-state index < -0.39 is 24.0 Å². The van der Waals surface area contributed by atoms with Gasteiger partial charge in [0.2, 0.25) is 0 Å². The zero-order valence-corrected chi connectivity index (χ0v) is 10.2. The number of benzene rings is 1. The molecule has 1 unspecified atom stereocenters. The Bertz CT molecular complexity index is 491. The minimum absolute atomic E-state index is 0.0149. The zero-order chi connectivity index (χ0) is 13.3. The Morgan fingerprint density at radius 2 is 2.00 bits per heavy atom. The molecule has 1 fully saturated rings. The first-order valence-corrected chi connectivity index (χ1v) is 5.85. The van der Waals surface area contributed by atoms with Gasteiger partial charge in [-0.15, -0.1) is 0 Å². The second-order valence-electron chi connectivity index (χ2n) is 4.18. The molecule has 1 aliphatic rings. The van der Waals surface area contributed by atoms with Gasteiger partial charge in [0.15, 0.2) is 0 Å². The van der Waals surface area contributed by atoms with Crippen molar-refractivity contribution in [1.29, 1.82) is 0 Å². The smallest absolute Gasteiger partial charge is 0.326 e. The largest absolute Gasteiger partial charge is 0.480 e. The molecular weight excluding hydrogens is 258 g/mol. The fraction of sp³-hybridized carbons (Fsp3) is 0.333. The predicted molar refractivity (Wildman–Crippen MR) is 64.5 cm³/mol. The molecule has 1 amide bonds. The van der Waals surface area contributed by atoms with Gasteiger partial charge in [0.05, 0.1) is 16.7 Å². The number of aliphatic carboxylic acids is 1. The van der Waals surface area contributed by atoms with Gasteiger partial charge in [-0.25, -0.2) is 4.79 Å². The number of hydrogen-bond acceptors (Lipinski definition) is 3. The lowest BCUT2D eigenvalue weighted by molar-refractivity contribution is -0.141. The van der Waals surface area contributed by atoms with Crippen molar-refractivity contribution in [2.24, 2.45) is 0 Å². The highest BCUT2D eigenvalue weighted by Gasteiger charge is 2.39. The first-order valence-electron chi connectivity index (χ1n) is 5.47. The number of β-amino-alcohol motifs (C(OH)–C–C–N with tert-alkyl or cyclic N) is 1. The number of amides is 1. The molecule has 0 bridgehead atoms. The molecule has 96 valence electrons. The van der Waals surface area contributed by atoms with Crippen LogP contribution < -0.4 is 0 Å². The van der Waals surface area contributed by atoms with Crippen LogP contribution in [-0.2, 0) is 4.79 Å². The average Bonchev–Trinajstić information content (AvgIpc) is 2.71. The van der Waals surface area contributed by atoms with Crippen LogP contribution in [0.5, 0.6) is 0 Å². The highest BCUT2D eigenvalue weighted by Crippen LogP contribution is 2.24. The van der Waals surface area contributed by atoms with E-state index in [1.807, 2.05) is 0 Å². The van der Waals surface area contributed by atoms with E-state index in [2.05, 4.69) is 0 Å². The van der Waals surface area contributed by atoms with Gasteiger partial charge in [-0.2, -0.15) is 0 Å². The predicted octanol–water partition coefficient (Wildman–Crippen LogP) is 1.000. The molecular formula is C12H12ClNO4. The molecule has 6 heteroatoms. The SMILES string of the molecule is O=C(O)[C@@H]1CC(O)CN1C(=O)c1ccccc1Cl. The number of carboxylic acid groups (broad SMARTS) is 1. The molecule has 1 heterocycles. The Kier molecular flexibility index (Phi) is 3.54. The van der Waals surface area contributed by atoms with Crippen LogP contribution in [0.15, 0.2) is 24.3 Å². The van der Waals surface area contributed by atoms with E-state index in [9.17, 15) is 14.7 Å². The lowest BCUT2D eigenvalue weighted by Crippen LogP contribution is -2.40. The molecule has 0 aliphatic carbocycles. The standard InChI is InChI=1S/C12H12ClNO4/c13-9-4-2-1-3-8(9)11(16)14-6-7(15)5-10(14)12(17)18/h1-4,7,10,15H,5-6H2,(H,17,18)/t7?,10-/m0/s1. The molecule has 18 heavy (non-hydrogen) atoms. The molecule has 1 saturated heterocycles. The second-order valence-corrected chi connectivity index (χ2v) is 4.59. The molecule has 5 nitrogen and oxygen atoms in total. The Labute approximate surface area is 109 Å². The number of nitrogens with zero attached hydrogens (tertiary/aromatic N) is 1. The van der Waals surface area contributed by atoms with E-state index in [-0.39, 0.29) is 23.6 Å². The Morgan fingerprint density at radius 1 is 1.33 bits per heavy atom. The van der Waals surface area contributed by atoms with E-state index in [4.69, 9.17) is 16.7 Å². The summed E-state index contributed by atoms with van der Waals surface area (Å²) in [7, 11) is 0.